The standard InChI is InChI=1S/C16H20F2N4O/c1-12-4-2-3-5-14(12)22-11-13(19-20-22)10-21-7-6-15(16(17)18)23-9-8-21/h2-5,11,15-16H,6-10H2,1H3. The third kappa shape index (κ3) is 3.92. The molecule has 1 unspecified atom stereocenters. The molecule has 2 heterocycles. The SMILES string of the molecule is Cc1ccccc1-n1cc(CN2CCOC(C(F)F)CC2)nn1. The number of aromatic nitrogens is 3. The summed E-state index contributed by atoms with van der Waals surface area (Å²) in [5.41, 5.74) is 2.93. The van der Waals surface area contributed by atoms with E-state index >= 15 is 0 Å². The highest BCUT2D eigenvalue weighted by atomic mass is 19.3. The summed E-state index contributed by atoms with van der Waals surface area (Å²) in [6.07, 6.45) is -1.15. The average molecular weight is 322 g/mol. The first-order valence-corrected chi connectivity index (χ1v) is 7.73. The molecule has 1 fully saturated rings. The predicted molar refractivity (Wildman–Crippen MR) is 81.7 cm³/mol. The summed E-state index contributed by atoms with van der Waals surface area (Å²) in [4.78, 5) is 2.08. The van der Waals surface area contributed by atoms with Gasteiger partial charge in [-0.05, 0) is 25.0 Å². The number of hydrogen-bond acceptors (Lipinski definition) is 4. The van der Waals surface area contributed by atoms with Crippen LogP contribution in [0.4, 0.5) is 8.78 Å². The molecular formula is C16H20F2N4O. The number of rotatable bonds is 4. The lowest BCUT2D eigenvalue weighted by Crippen LogP contribution is -2.26. The molecule has 0 radical (unpaired) electrons. The van der Waals surface area contributed by atoms with Gasteiger partial charge in [-0.2, -0.15) is 0 Å². The fourth-order valence-corrected chi connectivity index (χ4v) is 2.73. The molecule has 0 amide bonds. The maximum absolute atomic E-state index is 12.7. The summed E-state index contributed by atoms with van der Waals surface area (Å²) in [6.45, 7) is 4.13. The topological polar surface area (TPSA) is 43.2 Å². The van der Waals surface area contributed by atoms with Crippen molar-refractivity contribution in [3.05, 3.63) is 41.7 Å². The van der Waals surface area contributed by atoms with Crippen LogP contribution in [-0.4, -0.2) is 52.1 Å². The number of nitrogens with zero attached hydrogens (tertiary/aromatic N) is 4. The van der Waals surface area contributed by atoms with Crippen LogP contribution in [0.15, 0.2) is 30.5 Å². The zero-order valence-corrected chi connectivity index (χ0v) is 13.0. The van der Waals surface area contributed by atoms with Gasteiger partial charge in [0.15, 0.2) is 0 Å². The highest BCUT2D eigenvalue weighted by Crippen LogP contribution is 2.16. The van der Waals surface area contributed by atoms with E-state index in [9.17, 15) is 8.78 Å². The van der Waals surface area contributed by atoms with Crippen LogP contribution in [0.2, 0.25) is 0 Å². The van der Waals surface area contributed by atoms with E-state index < -0.39 is 12.5 Å². The highest BCUT2D eigenvalue weighted by molar-refractivity contribution is 5.38. The number of benzene rings is 1. The quantitative estimate of drug-likeness (QED) is 0.867. The largest absolute Gasteiger partial charge is 0.371 e. The zero-order valence-electron chi connectivity index (χ0n) is 13.0. The molecule has 0 aliphatic carbocycles. The lowest BCUT2D eigenvalue weighted by atomic mass is 10.2. The number of para-hydroxylation sites is 1. The maximum atomic E-state index is 12.7. The first-order valence-electron chi connectivity index (χ1n) is 7.73. The first-order chi connectivity index (χ1) is 11.1. The van der Waals surface area contributed by atoms with Crippen LogP contribution in [0.1, 0.15) is 17.7 Å². The Morgan fingerprint density at radius 3 is 2.91 bits per heavy atom. The van der Waals surface area contributed by atoms with E-state index in [1.54, 1.807) is 4.68 Å². The van der Waals surface area contributed by atoms with Crippen molar-refractivity contribution in [3.63, 3.8) is 0 Å². The van der Waals surface area contributed by atoms with Crippen LogP contribution in [0.3, 0.4) is 0 Å². The summed E-state index contributed by atoms with van der Waals surface area (Å²) in [6, 6.07) is 7.95. The second-order valence-electron chi connectivity index (χ2n) is 5.75. The molecule has 5 nitrogen and oxygen atoms in total. The van der Waals surface area contributed by atoms with Crippen LogP contribution in [-0.2, 0) is 11.3 Å². The lowest BCUT2D eigenvalue weighted by Gasteiger charge is -2.17. The van der Waals surface area contributed by atoms with Crippen LogP contribution in [0, 0.1) is 6.92 Å². The van der Waals surface area contributed by atoms with Gasteiger partial charge in [-0.3, -0.25) is 4.90 Å². The monoisotopic (exact) mass is 322 g/mol. The van der Waals surface area contributed by atoms with Gasteiger partial charge in [-0.15, -0.1) is 5.10 Å². The molecule has 23 heavy (non-hydrogen) atoms. The van der Waals surface area contributed by atoms with Gasteiger partial charge < -0.3 is 4.74 Å². The minimum Gasteiger partial charge on any atom is -0.371 e. The molecule has 3 rings (SSSR count). The Bertz CT molecular complexity index is 647. The Morgan fingerprint density at radius 2 is 2.13 bits per heavy atom. The minimum atomic E-state index is -2.42. The van der Waals surface area contributed by atoms with Crippen molar-refractivity contribution < 1.29 is 13.5 Å². The van der Waals surface area contributed by atoms with Crippen molar-refractivity contribution in [3.8, 4) is 5.69 Å². The van der Waals surface area contributed by atoms with Crippen LogP contribution in [0.25, 0.3) is 5.69 Å². The van der Waals surface area contributed by atoms with E-state index in [-0.39, 0.29) is 0 Å². The molecule has 7 heteroatoms. The first kappa shape index (κ1) is 16.0. The van der Waals surface area contributed by atoms with E-state index in [1.165, 1.54) is 0 Å². The Balaban J connectivity index is 1.64. The molecule has 124 valence electrons. The summed E-state index contributed by atoms with van der Waals surface area (Å²) in [5, 5.41) is 8.36. The van der Waals surface area contributed by atoms with Gasteiger partial charge in [0.2, 0.25) is 0 Å². The number of aryl methyl sites for hydroxylation is 1. The van der Waals surface area contributed by atoms with Crippen molar-refractivity contribution in [1.82, 2.24) is 19.9 Å². The number of ether oxygens (including phenoxy) is 1. The normalized spacial score (nSPS) is 19.9. The van der Waals surface area contributed by atoms with Gasteiger partial charge in [0.25, 0.3) is 6.43 Å². The molecule has 1 aliphatic rings. The Morgan fingerprint density at radius 1 is 1.30 bits per heavy atom. The van der Waals surface area contributed by atoms with Gasteiger partial charge in [0.05, 0.1) is 24.2 Å². The summed E-state index contributed by atoms with van der Waals surface area (Å²) < 4.78 is 32.4. The van der Waals surface area contributed by atoms with Gasteiger partial charge in [-0.1, -0.05) is 23.4 Å². The Kier molecular flexibility index (Phi) is 4.97. The van der Waals surface area contributed by atoms with E-state index in [0.29, 0.717) is 32.7 Å². The van der Waals surface area contributed by atoms with Gasteiger partial charge >= 0.3 is 0 Å². The van der Waals surface area contributed by atoms with Crippen molar-refractivity contribution >= 4 is 0 Å². The van der Waals surface area contributed by atoms with E-state index in [1.807, 2.05) is 37.4 Å². The summed E-state index contributed by atoms with van der Waals surface area (Å²) in [5.74, 6) is 0. The second-order valence-corrected chi connectivity index (χ2v) is 5.75. The maximum Gasteiger partial charge on any atom is 0.264 e. The molecule has 1 saturated heterocycles. The third-order valence-electron chi connectivity index (χ3n) is 4.04. The summed E-state index contributed by atoms with van der Waals surface area (Å²) in [7, 11) is 0. The van der Waals surface area contributed by atoms with Crippen molar-refractivity contribution in [2.75, 3.05) is 19.7 Å². The fourth-order valence-electron chi connectivity index (χ4n) is 2.73. The smallest absolute Gasteiger partial charge is 0.264 e. The molecule has 0 N–H and O–H groups in total. The van der Waals surface area contributed by atoms with Crippen molar-refractivity contribution in [2.24, 2.45) is 0 Å². The van der Waals surface area contributed by atoms with Gasteiger partial charge in [0, 0.05) is 19.6 Å². The molecule has 0 spiro atoms. The number of alkyl halides is 2. The molecular weight excluding hydrogens is 302 g/mol. The second kappa shape index (κ2) is 7.14. The van der Waals surface area contributed by atoms with E-state index in [0.717, 1.165) is 16.9 Å². The van der Waals surface area contributed by atoms with Gasteiger partial charge in [0.1, 0.15) is 6.10 Å². The average Bonchev–Trinajstić information content (AvgIpc) is 2.85. The highest BCUT2D eigenvalue weighted by Gasteiger charge is 2.25. The molecule has 1 atom stereocenters. The van der Waals surface area contributed by atoms with Gasteiger partial charge in [-0.25, -0.2) is 13.5 Å². The van der Waals surface area contributed by atoms with Crippen molar-refractivity contribution in [1.29, 1.82) is 0 Å². The number of hydrogen-bond donors (Lipinski definition) is 0. The third-order valence-corrected chi connectivity index (χ3v) is 4.04. The van der Waals surface area contributed by atoms with Crippen LogP contribution in [0.5, 0.6) is 0 Å². The van der Waals surface area contributed by atoms with Crippen molar-refractivity contribution in [2.45, 2.75) is 32.4 Å². The Hall–Kier alpha value is -1.86. The molecule has 1 aliphatic heterocycles. The number of halogens is 2. The molecule has 0 bridgehead atoms. The molecule has 0 saturated carbocycles. The summed E-state index contributed by atoms with van der Waals surface area (Å²) >= 11 is 0. The van der Waals surface area contributed by atoms with Crippen LogP contribution < -0.4 is 0 Å². The lowest BCUT2D eigenvalue weighted by molar-refractivity contribution is -0.0496. The molecule has 1 aromatic heterocycles. The predicted octanol–water partition coefficient (Wildman–Crippen LogP) is 2.43. The molecule has 2 aromatic rings. The minimum absolute atomic E-state index is 0.320. The molecule has 1 aromatic carbocycles. The Labute approximate surface area is 133 Å². The van der Waals surface area contributed by atoms with E-state index in [4.69, 9.17) is 4.74 Å². The zero-order chi connectivity index (χ0) is 16.2. The van der Waals surface area contributed by atoms with Crippen LogP contribution >= 0.6 is 0 Å². The van der Waals surface area contributed by atoms with E-state index in [2.05, 4.69) is 15.2 Å². The fraction of sp³-hybridized carbons (Fsp3) is 0.500.